The number of allylic oxidation sites excluding steroid dienone is 2. The summed E-state index contributed by atoms with van der Waals surface area (Å²) in [5.41, 5.74) is 5.55. The lowest BCUT2D eigenvalue weighted by molar-refractivity contribution is -0.153. The molecule has 1 aromatic rings. The van der Waals surface area contributed by atoms with Gasteiger partial charge in [-0.15, -0.1) is 0 Å². The molecule has 6 heteroatoms. The van der Waals surface area contributed by atoms with E-state index in [4.69, 9.17) is 9.84 Å². The highest BCUT2D eigenvalue weighted by atomic mass is 16.5. The number of hydrogen-bond acceptors (Lipinski definition) is 6. The van der Waals surface area contributed by atoms with E-state index in [9.17, 15) is 20.4 Å². The lowest BCUT2D eigenvalue weighted by atomic mass is 9.94. The van der Waals surface area contributed by atoms with E-state index in [-0.39, 0.29) is 6.61 Å². The molecule has 0 heterocycles. The Bertz CT molecular complexity index is 609. The number of hydrogen-bond donors (Lipinski definition) is 5. The van der Waals surface area contributed by atoms with Gasteiger partial charge in [0.2, 0.25) is 0 Å². The van der Waals surface area contributed by atoms with E-state index in [0.29, 0.717) is 0 Å². The number of ether oxygens (including phenoxy) is 1. The Kier molecular flexibility index (Phi) is 10.2. The van der Waals surface area contributed by atoms with E-state index in [1.807, 2.05) is 19.9 Å². The van der Waals surface area contributed by atoms with E-state index in [1.165, 1.54) is 5.57 Å². The van der Waals surface area contributed by atoms with Crippen LogP contribution in [0.5, 0.6) is 0 Å². The molecule has 0 aliphatic carbocycles. The Balaban J connectivity index is 3.03. The van der Waals surface area contributed by atoms with Gasteiger partial charge in [-0.2, -0.15) is 0 Å². The second kappa shape index (κ2) is 11.5. The quantitative estimate of drug-likeness (QED) is 0.367. The van der Waals surface area contributed by atoms with Gasteiger partial charge in [0.05, 0.1) is 19.8 Å². The fourth-order valence-corrected chi connectivity index (χ4v) is 3.03. The molecule has 1 rings (SSSR count). The Morgan fingerprint density at radius 1 is 0.963 bits per heavy atom. The van der Waals surface area contributed by atoms with Crippen molar-refractivity contribution in [2.75, 3.05) is 13.2 Å². The molecular weight excluding hydrogens is 348 g/mol. The predicted octanol–water partition coefficient (Wildman–Crippen LogP) is 1.15. The molecule has 0 saturated carbocycles. The summed E-state index contributed by atoms with van der Waals surface area (Å²) < 4.78 is 5.72. The molecule has 0 radical (unpaired) electrons. The smallest absolute Gasteiger partial charge is 0.115 e. The van der Waals surface area contributed by atoms with Gasteiger partial charge in [-0.1, -0.05) is 23.8 Å². The van der Waals surface area contributed by atoms with Crippen molar-refractivity contribution in [2.24, 2.45) is 0 Å². The minimum Gasteiger partial charge on any atom is -0.394 e. The number of rotatable bonds is 11. The second-order valence-electron chi connectivity index (χ2n) is 7.24. The number of aliphatic hydroxyl groups is 5. The molecule has 0 aromatic heterocycles. The Hall–Kier alpha value is -1.28. The zero-order chi connectivity index (χ0) is 20.6. The standard InChI is InChI=1S/C21H34O6/c1-13(2)6-5-7-16-14(3)8-9-15(4)17(16)12-27-21(19(25)11-23)20(26)18(24)10-22/h6,8-9,18-26H,5,7,10-12H2,1-4H3/t18-,19-,20-,21-/m1/s1. The average molecular weight is 382 g/mol. The Morgan fingerprint density at radius 2 is 1.52 bits per heavy atom. The zero-order valence-electron chi connectivity index (χ0n) is 16.7. The average Bonchev–Trinajstić information content (AvgIpc) is 2.64. The van der Waals surface area contributed by atoms with Gasteiger partial charge in [-0.05, 0) is 62.8 Å². The first-order valence-corrected chi connectivity index (χ1v) is 9.31. The van der Waals surface area contributed by atoms with Gasteiger partial charge in [-0.25, -0.2) is 0 Å². The second-order valence-corrected chi connectivity index (χ2v) is 7.24. The molecule has 0 aliphatic rings. The summed E-state index contributed by atoms with van der Waals surface area (Å²) in [7, 11) is 0. The van der Waals surface area contributed by atoms with Gasteiger partial charge < -0.3 is 30.3 Å². The Morgan fingerprint density at radius 3 is 2.04 bits per heavy atom. The van der Waals surface area contributed by atoms with E-state index >= 15 is 0 Å². The highest BCUT2D eigenvalue weighted by molar-refractivity contribution is 5.40. The molecule has 4 atom stereocenters. The summed E-state index contributed by atoms with van der Waals surface area (Å²) in [6.07, 6.45) is -1.67. The maximum Gasteiger partial charge on any atom is 0.115 e. The summed E-state index contributed by atoms with van der Waals surface area (Å²) >= 11 is 0. The van der Waals surface area contributed by atoms with Crippen LogP contribution in [0.15, 0.2) is 23.8 Å². The third kappa shape index (κ3) is 6.99. The molecule has 0 saturated heterocycles. The van der Waals surface area contributed by atoms with Crippen molar-refractivity contribution in [2.45, 2.75) is 71.6 Å². The summed E-state index contributed by atoms with van der Waals surface area (Å²) in [6.45, 7) is 6.94. The SMILES string of the molecule is CC(C)=CCCc1c(C)ccc(C)c1CO[C@@H]([C@H](O)[C@H](O)CO)[C@H](O)CO. The molecular formula is C21H34O6. The van der Waals surface area contributed by atoms with Crippen molar-refractivity contribution < 1.29 is 30.3 Å². The van der Waals surface area contributed by atoms with Gasteiger partial charge in [-0.3, -0.25) is 0 Å². The monoisotopic (exact) mass is 382 g/mol. The molecule has 27 heavy (non-hydrogen) atoms. The summed E-state index contributed by atoms with van der Waals surface area (Å²) in [4.78, 5) is 0. The largest absolute Gasteiger partial charge is 0.394 e. The molecule has 0 unspecified atom stereocenters. The molecule has 0 amide bonds. The first-order valence-electron chi connectivity index (χ1n) is 9.31. The van der Waals surface area contributed by atoms with Crippen LogP contribution < -0.4 is 0 Å². The van der Waals surface area contributed by atoms with Gasteiger partial charge in [0.1, 0.15) is 24.4 Å². The highest BCUT2D eigenvalue weighted by Gasteiger charge is 2.32. The van der Waals surface area contributed by atoms with E-state index in [0.717, 1.165) is 35.1 Å². The maximum atomic E-state index is 10.1. The normalized spacial score (nSPS) is 15.9. The van der Waals surface area contributed by atoms with E-state index < -0.39 is 37.6 Å². The van der Waals surface area contributed by atoms with Gasteiger partial charge in [0.15, 0.2) is 0 Å². The summed E-state index contributed by atoms with van der Waals surface area (Å²) in [5, 5.41) is 48.1. The lowest BCUT2D eigenvalue weighted by Crippen LogP contribution is -2.48. The number of aryl methyl sites for hydroxylation is 2. The summed E-state index contributed by atoms with van der Waals surface area (Å²) in [5.74, 6) is 0. The molecule has 0 bridgehead atoms. The fraction of sp³-hybridized carbons (Fsp3) is 0.619. The molecule has 5 N–H and O–H groups in total. The van der Waals surface area contributed by atoms with Crippen molar-refractivity contribution >= 4 is 0 Å². The van der Waals surface area contributed by atoms with Crippen LogP contribution in [0.1, 0.15) is 42.5 Å². The van der Waals surface area contributed by atoms with Crippen molar-refractivity contribution in [3.8, 4) is 0 Å². The van der Waals surface area contributed by atoms with E-state index in [1.54, 1.807) is 0 Å². The van der Waals surface area contributed by atoms with Gasteiger partial charge >= 0.3 is 0 Å². The number of benzene rings is 1. The first kappa shape index (κ1) is 23.8. The third-order valence-electron chi connectivity index (χ3n) is 4.75. The van der Waals surface area contributed by atoms with Gasteiger partial charge in [0, 0.05) is 0 Å². The molecule has 0 spiro atoms. The zero-order valence-corrected chi connectivity index (χ0v) is 16.7. The van der Waals surface area contributed by atoms with Crippen LogP contribution in [0.3, 0.4) is 0 Å². The molecule has 0 fully saturated rings. The lowest BCUT2D eigenvalue weighted by Gasteiger charge is -2.30. The van der Waals surface area contributed by atoms with Crippen molar-refractivity contribution in [1.29, 1.82) is 0 Å². The van der Waals surface area contributed by atoms with Crippen molar-refractivity contribution in [3.05, 3.63) is 46.0 Å². The van der Waals surface area contributed by atoms with E-state index in [2.05, 4.69) is 26.0 Å². The van der Waals surface area contributed by atoms with Crippen LogP contribution in [-0.2, 0) is 17.8 Å². The van der Waals surface area contributed by atoms with Crippen LogP contribution in [0.25, 0.3) is 0 Å². The fourth-order valence-electron chi connectivity index (χ4n) is 3.03. The molecule has 154 valence electrons. The van der Waals surface area contributed by atoms with Crippen LogP contribution in [0.2, 0.25) is 0 Å². The van der Waals surface area contributed by atoms with Crippen LogP contribution in [0.4, 0.5) is 0 Å². The predicted molar refractivity (Wildman–Crippen MR) is 104 cm³/mol. The van der Waals surface area contributed by atoms with Crippen molar-refractivity contribution in [3.63, 3.8) is 0 Å². The minimum atomic E-state index is -1.52. The van der Waals surface area contributed by atoms with Gasteiger partial charge in [0.25, 0.3) is 0 Å². The molecule has 1 aromatic carbocycles. The minimum absolute atomic E-state index is 0.120. The molecule has 0 aliphatic heterocycles. The highest BCUT2D eigenvalue weighted by Crippen LogP contribution is 2.23. The molecule has 6 nitrogen and oxygen atoms in total. The summed E-state index contributed by atoms with van der Waals surface area (Å²) in [6, 6.07) is 4.05. The van der Waals surface area contributed by atoms with Crippen LogP contribution in [-0.4, -0.2) is 63.2 Å². The first-order chi connectivity index (χ1) is 12.7. The van der Waals surface area contributed by atoms with Crippen LogP contribution in [0, 0.1) is 13.8 Å². The third-order valence-corrected chi connectivity index (χ3v) is 4.75. The van der Waals surface area contributed by atoms with Crippen LogP contribution >= 0.6 is 0 Å². The number of aliphatic hydroxyl groups excluding tert-OH is 5. The topological polar surface area (TPSA) is 110 Å². The Labute approximate surface area is 161 Å². The maximum absolute atomic E-state index is 10.1. The van der Waals surface area contributed by atoms with Crippen molar-refractivity contribution in [1.82, 2.24) is 0 Å².